The van der Waals surface area contributed by atoms with Crippen molar-refractivity contribution in [1.82, 2.24) is 0 Å². The maximum Gasteiger partial charge on any atom is 0.0733 e. The summed E-state index contributed by atoms with van der Waals surface area (Å²) in [6.07, 6.45) is 1.17. The van der Waals surface area contributed by atoms with Crippen LogP contribution in [0.15, 0.2) is 27.1 Å². The van der Waals surface area contributed by atoms with Crippen LogP contribution in [0.3, 0.4) is 0 Å². The van der Waals surface area contributed by atoms with E-state index in [2.05, 4.69) is 31.9 Å². The minimum atomic E-state index is -0.486. The van der Waals surface area contributed by atoms with Crippen LogP contribution in [0.4, 0.5) is 0 Å². The molecule has 0 fully saturated rings. The van der Waals surface area contributed by atoms with Gasteiger partial charge in [0.15, 0.2) is 0 Å². The Labute approximate surface area is 119 Å². The Bertz CT molecular complexity index is 336. The van der Waals surface area contributed by atoms with E-state index in [1.54, 1.807) is 0 Å². The Morgan fingerprint density at radius 3 is 2.56 bits per heavy atom. The van der Waals surface area contributed by atoms with Crippen molar-refractivity contribution in [1.29, 1.82) is 0 Å². The predicted molar refractivity (Wildman–Crippen MR) is 76.9 cm³/mol. The lowest BCUT2D eigenvalue weighted by Crippen LogP contribution is -2.26. The van der Waals surface area contributed by atoms with Crippen LogP contribution in [-0.4, -0.2) is 11.2 Å². The minimum absolute atomic E-state index is 0. The average Bonchev–Trinajstić information content (AvgIpc) is 2.21. The van der Waals surface area contributed by atoms with Crippen LogP contribution in [-0.2, 0) is 0 Å². The molecule has 0 spiro atoms. The molecule has 0 bridgehead atoms. The van der Waals surface area contributed by atoms with Crippen LogP contribution in [0, 0.1) is 0 Å². The summed E-state index contributed by atoms with van der Waals surface area (Å²) in [4.78, 5) is 0. The van der Waals surface area contributed by atoms with Crippen molar-refractivity contribution < 1.29 is 5.11 Å². The van der Waals surface area contributed by atoms with Gasteiger partial charge in [0, 0.05) is 8.95 Å². The maximum atomic E-state index is 9.83. The Morgan fingerprint density at radius 2 is 2.00 bits per heavy atom. The van der Waals surface area contributed by atoms with Gasteiger partial charge in [-0.05, 0) is 30.2 Å². The molecular weight excluding hydrogens is 357 g/mol. The van der Waals surface area contributed by atoms with Crippen LogP contribution in [0.5, 0.6) is 0 Å². The first-order valence-electron chi connectivity index (χ1n) is 4.94. The number of hydrogen-bond acceptors (Lipinski definition) is 2. The summed E-state index contributed by atoms with van der Waals surface area (Å²) in [6, 6.07) is 5.47. The van der Waals surface area contributed by atoms with Crippen molar-refractivity contribution in [2.45, 2.75) is 31.9 Å². The second kappa shape index (κ2) is 7.67. The Morgan fingerprint density at radius 1 is 1.38 bits per heavy atom. The molecule has 0 unspecified atom stereocenters. The van der Waals surface area contributed by atoms with Gasteiger partial charge < -0.3 is 10.8 Å². The second-order valence-corrected chi connectivity index (χ2v) is 5.32. The van der Waals surface area contributed by atoms with Gasteiger partial charge in [-0.2, -0.15) is 0 Å². The average molecular weight is 374 g/mol. The van der Waals surface area contributed by atoms with E-state index in [0.717, 1.165) is 27.4 Å². The van der Waals surface area contributed by atoms with Crippen molar-refractivity contribution in [2.75, 3.05) is 0 Å². The lowest BCUT2D eigenvalue weighted by Gasteiger charge is -2.20. The van der Waals surface area contributed by atoms with E-state index in [9.17, 15) is 5.11 Å². The first-order valence-corrected chi connectivity index (χ1v) is 6.53. The fourth-order valence-electron chi connectivity index (χ4n) is 1.45. The molecule has 2 nitrogen and oxygen atoms in total. The molecule has 3 N–H and O–H groups in total. The SMILES string of the molecule is CCC[C@H](O)[C@H](N)c1cc(Br)ccc1Br.Cl. The smallest absolute Gasteiger partial charge is 0.0733 e. The molecule has 2 atom stereocenters. The van der Waals surface area contributed by atoms with Gasteiger partial charge in [-0.15, -0.1) is 12.4 Å². The highest BCUT2D eigenvalue weighted by atomic mass is 79.9. The lowest BCUT2D eigenvalue weighted by molar-refractivity contribution is 0.134. The predicted octanol–water partition coefficient (Wildman–Crippen LogP) is 3.79. The van der Waals surface area contributed by atoms with E-state index in [1.807, 2.05) is 25.1 Å². The Balaban J connectivity index is 0.00000225. The fraction of sp³-hybridized carbons (Fsp3) is 0.455. The van der Waals surface area contributed by atoms with Gasteiger partial charge in [-0.1, -0.05) is 45.2 Å². The Kier molecular flexibility index (Phi) is 7.85. The third-order valence-corrected chi connectivity index (χ3v) is 3.53. The zero-order valence-electron chi connectivity index (χ0n) is 8.99. The maximum absolute atomic E-state index is 9.83. The van der Waals surface area contributed by atoms with Gasteiger partial charge in [0.1, 0.15) is 0 Å². The summed E-state index contributed by atoms with van der Waals surface area (Å²) in [5, 5.41) is 9.83. The van der Waals surface area contributed by atoms with Crippen LogP contribution >= 0.6 is 44.3 Å². The molecule has 0 saturated heterocycles. The van der Waals surface area contributed by atoms with Crippen molar-refractivity contribution >= 4 is 44.3 Å². The highest BCUT2D eigenvalue weighted by Gasteiger charge is 2.18. The summed E-state index contributed by atoms with van der Waals surface area (Å²) >= 11 is 6.83. The van der Waals surface area contributed by atoms with Gasteiger partial charge >= 0.3 is 0 Å². The highest BCUT2D eigenvalue weighted by molar-refractivity contribution is 9.11. The molecule has 0 aliphatic carbocycles. The van der Waals surface area contributed by atoms with Gasteiger partial charge in [0.2, 0.25) is 0 Å². The van der Waals surface area contributed by atoms with Crippen molar-refractivity contribution in [2.24, 2.45) is 5.73 Å². The van der Waals surface area contributed by atoms with E-state index in [0.29, 0.717) is 0 Å². The van der Waals surface area contributed by atoms with Gasteiger partial charge in [-0.3, -0.25) is 0 Å². The molecule has 0 saturated carbocycles. The first kappa shape index (κ1) is 16.4. The Hall–Kier alpha value is 0.390. The zero-order valence-corrected chi connectivity index (χ0v) is 13.0. The highest BCUT2D eigenvalue weighted by Crippen LogP contribution is 2.28. The lowest BCUT2D eigenvalue weighted by atomic mass is 9.99. The number of aliphatic hydroxyl groups excluding tert-OH is 1. The summed E-state index contributed by atoms with van der Waals surface area (Å²) in [5.74, 6) is 0. The molecular formula is C11H16Br2ClNO. The standard InChI is InChI=1S/C11H15Br2NO.ClH/c1-2-3-10(15)11(14)8-6-7(12)4-5-9(8)13;/h4-6,10-11,15H,2-3,14H2,1H3;1H/t10-,11+;/m0./s1. The summed E-state index contributed by atoms with van der Waals surface area (Å²) in [5.41, 5.74) is 6.93. The molecule has 1 rings (SSSR count). The van der Waals surface area contributed by atoms with Crippen LogP contribution < -0.4 is 5.73 Å². The molecule has 0 amide bonds. The van der Waals surface area contributed by atoms with Crippen molar-refractivity contribution in [3.63, 3.8) is 0 Å². The summed E-state index contributed by atoms with van der Waals surface area (Å²) in [7, 11) is 0. The largest absolute Gasteiger partial charge is 0.391 e. The number of hydrogen-bond donors (Lipinski definition) is 2. The molecule has 16 heavy (non-hydrogen) atoms. The van der Waals surface area contributed by atoms with Gasteiger partial charge in [0.25, 0.3) is 0 Å². The molecule has 0 heterocycles. The molecule has 0 radical (unpaired) electrons. The zero-order chi connectivity index (χ0) is 11.4. The molecule has 0 aliphatic heterocycles. The first-order chi connectivity index (χ1) is 7.06. The van der Waals surface area contributed by atoms with E-state index >= 15 is 0 Å². The number of nitrogens with two attached hydrogens (primary N) is 1. The number of rotatable bonds is 4. The van der Waals surface area contributed by atoms with Crippen LogP contribution in [0.1, 0.15) is 31.4 Å². The number of halogens is 3. The third kappa shape index (κ3) is 4.34. The van der Waals surface area contributed by atoms with E-state index in [4.69, 9.17) is 5.73 Å². The summed E-state index contributed by atoms with van der Waals surface area (Å²) in [6.45, 7) is 2.03. The van der Waals surface area contributed by atoms with Crippen LogP contribution in [0.25, 0.3) is 0 Å². The molecule has 92 valence electrons. The molecule has 0 aromatic heterocycles. The normalized spacial score (nSPS) is 14.1. The minimum Gasteiger partial charge on any atom is -0.391 e. The molecule has 5 heteroatoms. The fourth-order valence-corrected chi connectivity index (χ4v) is 2.34. The summed E-state index contributed by atoms with van der Waals surface area (Å²) < 4.78 is 1.91. The molecule has 1 aromatic rings. The number of benzene rings is 1. The van der Waals surface area contributed by atoms with Crippen molar-refractivity contribution in [3.8, 4) is 0 Å². The van der Waals surface area contributed by atoms with Gasteiger partial charge in [0.05, 0.1) is 12.1 Å². The second-order valence-electron chi connectivity index (χ2n) is 3.55. The quantitative estimate of drug-likeness (QED) is 0.843. The number of aliphatic hydroxyl groups is 1. The van der Waals surface area contributed by atoms with Crippen molar-refractivity contribution in [3.05, 3.63) is 32.7 Å². The van der Waals surface area contributed by atoms with Gasteiger partial charge in [-0.25, -0.2) is 0 Å². The van der Waals surface area contributed by atoms with Crippen LogP contribution in [0.2, 0.25) is 0 Å². The monoisotopic (exact) mass is 371 g/mol. The molecule has 1 aromatic carbocycles. The van der Waals surface area contributed by atoms with E-state index in [1.165, 1.54) is 0 Å². The van der Waals surface area contributed by atoms with E-state index < -0.39 is 6.10 Å². The third-order valence-electron chi connectivity index (χ3n) is 2.32. The molecule has 0 aliphatic rings. The van der Waals surface area contributed by atoms with E-state index in [-0.39, 0.29) is 18.4 Å². The topological polar surface area (TPSA) is 46.2 Å².